The zero-order chi connectivity index (χ0) is 23.4. The number of fused-ring (bicyclic) bond motifs is 4. The van der Waals surface area contributed by atoms with Crippen LogP contribution in [-0.2, 0) is 11.2 Å². The number of methoxy groups -OCH3 is 1. The molecule has 3 atom stereocenters. The van der Waals surface area contributed by atoms with Crippen molar-refractivity contribution in [3.8, 4) is 5.75 Å². The average Bonchev–Trinajstić information content (AvgIpc) is 3.51. The molecular formula is C27H30N4O3. The normalized spacial score (nSPS) is 24.7. The van der Waals surface area contributed by atoms with Crippen molar-refractivity contribution in [2.75, 3.05) is 27.2 Å². The Morgan fingerprint density at radius 2 is 1.88 bits per heavy atom. The van der Waals surface area contributed by atoms with Gasteiger partial charge >= 0.3 is 6.03 Å². The lowest BCUT2D eigenvalue weighted by atomic mass is 9.89. The van der Waals surface area contributed by atoms with Gasteiger partial charge in [0.1, 0.15) is 17.8 Å². The summed E-state index contributed by atoms with van der Waals surface area (Å²) < 4.78 is 5.35. The van der Waals surface area contributed by atoms with E-state index in [1.807, 2.05) is 36.4 Å². The molecule has 0 radical (unpaired) electrons. The minimum atomic E-state index is -0.479. The molecule has 3 aliphatic heterocycles. The first kappa shape index (κ1) is 21.2. The van der Waals surface area contributed by atoms with Crippen molar-refractivity contribution in [2.24, 2.45) is 0 Å². The Kier molecular flexibility index (Phi) is 5.10. The maximum absolute atomic E-state index is 13.7. The molecule has 1 aromatic heterocycles. The number of benzene rings is 2. The van der Waals surface area contributed by atoms with Gasteiger partial charge in [0.05, 0.1) is 7.11 Å². The average molecular weight is 459 g/mol. The number of carbonyl (C=O) groups is 2. The first-order valence-corrected chi connectivity index (χ1v) is 12.1. The van der Waals surface area contributed by atoms with E-state index in [-0.39, 0.29) is 18.0 Å². The van der Waals surface area contributed by atoms with E-state index in [2.05, 4.69) is 29.1 Å². The Balaban J connectivity index is 1.39. The van der Waals surface area contributed by atoms with E-state index < -0.39 is 6.04 Å². The smallest absolute Gasteiger partial charge is 0.328 e. The highest BCUT2D eigenvalue weighted by atomic mass is 16.5. The van der Waals surface area contributed by atoms with Crippen molar-refractivity contribution >= 4 is 22.8 Å². The van der Waals surface area contributed by atoms with Crippen LogP contribution in [0.1, 0.15) is 42.1 Å². The van der Waals surface area contributed by atoms with E-state index in [0.717, 1.165) is 52.9 Å². The fourth-order valence-corrected chi connectivity index (χ4v) is 6.09. The Labute approximate surface area is 199 Å². The lowest BCUT2D eigenvalue weighted by Gasteiger charge is -2.36. The maximum Gasteiger partial charge on any atom is 0.328 e. The number of likely N-dealkylation sites (tertiary alicyclic amines) is 1. The number of ether oxygens (including phenoxy) is 1. The molecule has 1 N–H and O–H groups in total. The third-order valence-corrected chi connectivity index (χ3v) is 7.92. The van der Waals surface area contributed by atoms with Gasteiger partial charge in [-0.3, -0.25) is 14.6 Å². The quantitative estimate of drug-likeness (QED) is 0.588. The van der Waals surface area contributed by atoms with Crippen LogP contribution in [0.5, 0.6) is 5.75 Å². The molecule has 0 saturated carbocycles. The SMILES string of the molecule is COc1ccc([C@H]2c3[nH]c4ccccc4c3C[C@@H]3C(=O)N(CCC4CCCN4C)C(=O)N23)cc1. The summed E-state index contributed by atoms with van der Waals surface area (Å²) in [6, 6.07) is 15.4. The summed E-state index contributed by atoms with van der Waals surface area (Å²) in [4.78, 5) is 36.6. The second-order valence-electron chi connectivity index (χ2n) is 9.70. The van der Waals surface area contributed by atoms with Crippen LogP contribution in [0, 0.1) is 0 Å². The summed E-state index contributed by atoms with van der Waals surface area (Å²) in [7, 11) is 3.77. The van der Waals surface area contributed by atoms with Gasteiger partial charge in [-0.05, 0) is 62.2 Å². The van der Waals surface area contributed by atoms with Gasteiger partial charge in [0, 0.05) is 35.6 Å². The number of amides is 3. The van der Waals surface area contributed by atoms with Crippen LogP contribution < -0.4 is 4.74 Å². The largest absolute Gasteiger partial charge is 0.497 e. The third kappa shape index (κ3) is 3.21. The second-order valence-corrected chi connectivity index (χ2v) is 9.70. The van der Waals surface area contributed by atoms with Gasteiger partial charge in [-0.1, -0.05) is 30.3 Å². The number of H-pyrrole nitrogens is 1. The number of hydrogen-bond donors (Lipinski definition) is 1. The van der Waals surface area contributed by atoms with Crippen molar-refractivity contribution in [2.45, 2.75) is 43.8 Å². The van der Waals surface area contributed by atoms with Gasteiger partial charge < -0.3 is 14.6 Å². The van der Waals surface area contributed by atoms with Crippen molar-refractivity contribution in [1.82, 2.24) is 19.7 Å². The van der Waals surface area contributed by atoms with Crippen LogP contribution in [0.4, 0.5) is 4.79 Å². The summed E-state index contributed by atoms with van der Waals surface area (Å²) in [6.07, 6.45) is 3.68. The van der Waals surface area contributed by atoms with Gasteiger partial charge in [0.2, 0.25) is 0 Å². The van der Waals surface area contributed by atoms with E-state index in [0.29, 0.717) is 19.0 Å². The molecule has 2 fully saturated rings. The fraction of sp³-hybridized carbons (Fsp3) is 0.407. The number of para-hydroxylation sites is 1. The molecule has 1 unspecified atom stereocenters. The molecule has 6 rings (SSSR count). The molecule has 176 valence electrons. The predicted molar refractivity (Wildman–Crippen MR) is 130 cm³/mol. The predicted octanol–water partition coefficient (Wildman–Crippen LogP) is 3.94. The summed E-state index contributed by atoms with van der Waals surface area (Å²) in [5.41, 5.74) is 4.14. The number of hydrogen-bond acceptors (Lipinski definition) is 4. The monoisotopic (exact) mass is 458 g/mol. The van der Waals surface area contributed by atoms with Crippen LogP contribution >= 0.6 is 0 Å². The first-order chi connectivity index (χ1) is 16.6. The van der Waals surface area contributed by atoms with Crippen LogP contribution in [0.15, 0.2) is 48.5 Å². The molecule has 3 amide bonds. The number of urea groups is 1. The molecule has 0 bridgehead atoms. The zero-order valence-corrected chi connectivity index (χ0v) is 19.7. The van der Waals surface area contributed by atoms with E-state index in [4.69, 9.17) is 4.74 Å². The number of nitrogens with one attached hydrogen (secondary N) is 1. The Hall–Kier alpha value is -3.32. The van der Waals surface area contributed by atoms with Crippen LogP contribution in [-0.4, -0.2) is 71.0 Å². The molecule has 34 heavy (non-hydrogen) atoms. The number of rotatable bonds is 5. The number of carbonyl (C=O) groups excluding carboxylic acids is 2. The minimum absolute atomic E-state index is 0.0694. The molecular weight excluding hydrogens is 428 g/mol. The van der Waals surface area contributed by atoms with E-state index in [1.165, 1.54) is 11.3 Å². The van der Waals surface area contributed by atoms with Crippen molar-refractivity contribution in [1.29, 1.82) is 0 Å². The van der Waals surface area contributed by atoms with E-state index in [9.17, 15) is 9.59 Å². The minimum Gasteiger partial charge on any atom is -0.497 e. The van der Waals surface area contributed by atoms with Gasteiger partial charge in [-0.2, -0.15) is 0 Å². The molecule has 2 aromatic carbocycles. The molecule has 2 saturated heterocycles. The zero-order valence-electron chi connectivity index (χ0n) is 19.7. The summed E-state index contributed by atoms with van der Waals surface area (Å²) in [5.74, 6) is 0.694. The molecule has 3 aliphatic rings. The Morgan fingerprint density at radius 1 is 1.09 bits per heavy atom. The Morgan fingerprint density at radius 3 is 2.62 bits per heavy atom. The van der Waals surface area contributed by atoms with E-state index >= 15 is 0 Å². The van der Waals surface area contributed by atoms with Gasteiger partial charge in [0.15, 0.2) is 0 Å². The lowest BCUT2D eigenvalue weighted by Crippen LogP contribution is -2.44. The second kappa shape index (κ2) is 8.17. The number of aromatic amines is 1. The third-order valence-electron chi connectivity index (χ3n) is 7.92. The van der Waals surface area contributed by atoms with Gasteiger partial charge in [-0.15, -0.1) is 0 Å². The highest BCUT2D eigenvalue weighted by Gasteiger charge is 2.52. The van der Waals surface area contributed by atoms with Crippen molar-refractivity contribution in [3.63, 3.8) is 0 Å². The fourth-order valence-electron chi connectivity index (χ4n) is 6.09. The van der Waals surface area contributed by atoms with Crippen LogP contribution in [0.2, 0.25) is 0 Å². The lowest BCUT2D eigenvalue weighted by molar-refractivity contribution is -0.128. The summed E-state index contributed by atoms with van der Waals surface area (Å²) >= 11 is 0. The number of aromatic nitrogens is 1. The summed E-state index contributed by atoms with van der Waals surface area (Å²) in [5, 5.41) is 1.13. The maximum atomic E-state index is 13.7. The number of nitrogens with zero attached hydrogens (tertiary/aromatic N) is 3. The van der Waals surface area contributed by atoms with Crippen LogP contribution in [0.3, 0.4) is 0 Å². The van der Waals surface area contributed by atoms with Crippen LogP contribution in [0.25, 0.3) is 10.9 Å². The molecule has 7 heteroatoms. The molecule has 0 aliphatic carbocycles. The molecule has 4 heterocycles. The highest BCUT2D eigenvalue weighted by Crippen LogP contribution is 2.44. The van der Waals surface area contributed by atoms with Crippen molar-refractivity contribution < 1.29 is 14.3 Å². The topological polar surface area (TPSA) is 68.9 Å². The van der Waals surface area contributed by atoms with Crippen molar-refractivity contribution in [3.05, 3.63) is 65.4 Å². The Bertz CT molecular complexity index is 1250. The van der Waals surface area contributed by atoms with E-state index in [1.54, 1.807) is 12.0 Å². The summed E-state index contributed by atoms with van der Waals surface area (Å²) in [6.45, 7) is 1.56. The molecule has 3 aromatic rings. The first-order valence-electron chi connectivity index (χ1n) is 12.1. The standard InChI is InChI=1S/C27H30N4O3/c1-29-14-5-6-18(29)13-15-30-26(32)23-16-21-20-7-3-4-8-22(20)28-24(21)25(31(23)27(30)33)17-9-11-19(34-2)12-10-17/h3-4,7-12,18,23,25,28H,5-6,13-16H2,1-2H3/t18?,23-,25+/m1/s1. The highest BCUT2D eigenvalue weighted by molar-refractivity contribution is 6.05. The molecule has 7 nitrogen and oxygen atoms in total. The van der Waals surface area contributed by atoms with Gasteiger partial charge in [-0.25, -0.2) is 4.79 Å². The number of imide groups is 1. The van der Waals surface area contributed by atoms with Gasteiger partial charge in [0.25, 0.3) is 5.91 Å². The molecule has 0 spiro atoms.